The Morgan fingerprint density at radius 1 is 1.00 bits per heavy atom. The van der Waals surface area contributed by atoms with Crippen molar-refractivity contribution in [2.45, 2.75) is 52.5 Å². The van der Waals surface area contributed by atoms with Crippen LogP contribution in [0.3, 0.4) is 0 Å². The highest BCUT2D eigenvalue weighted by Gasteiger charge is 2.16. The van der Waals surface area contributed by atoms with Crippen molar-refractivity contribution < 1.29 is 4.79 Å². The van der Waals surface area contributed by atoms with Crippen LogP contribution in [0, 0.1) is 0 Å². The van der Waals surface area contributed by atoms with Crippen LogP contribution < -0.4 is 10.6 Å². The summed E-state index contributed by atoms with van der Waals surface area (Å²) in [6.45, 7) is 8.36. The number of carbonyl (C=O) groups excluding carboxylic acids is 1. The average molecular weight is 324 g/mol. The first-order valence-corrected chi connectivity index (χ1v) is 8.80. The van der Waals surface area contributed by atoms with Crippen molar-refractivity contribution in [3.05, 3.63) is 59.7 Å². The fourth-order valence-corrected chi connectivity index (χ4v) is 2.65. The predicted molar refractivity (Wildman–Crippen MR) is 103 cm³/mol. The Bertz CT molecular complexity index is 664. The molecule has 2 aromatic carbocycles. The van der Waals surface area contributed by atoms with E-state index >= 15 is 0 Å². The van der Waals surface area contributed by atoms with Gasteiger partial charge in [0.25, 0.3) is 0 Å². The molecule has 3 nitrogen and oxygen atoms in total. The van der Waals surface area contributed by atoms with E-state index in [2.05, 4.69) is 49.6 Å². The molecular weight excluding hydrogens is 296 g/mol. The van der Waals surface area contributed by atoms with Crippen molar-refractivity contribution in [2.75, 3.05) is 10.6 Å². The number of aryl methyl sites for hydroxylation is 1. The lowest BCUT2D eigenvalue weighted by molar-refractivity contribution is -0.116. The first-order chi connectivity index (χ1) is 11.5. The summed E-state index contributed by atoms with van der Waals surface area (Å²) in [6, 6.07) is 16.0. The molecule has 0 aliphatic rings. The van der Waals surface area contributed by atoms with Crippen LogP contribution in [0.5, 0.6) is 0 Å². The minimum atomic E-state index is -0.303. The van der Waals surface area contributed by atoms with Gasteiger partial charge in [0, 0.05) is 11.4 Å². The zero-order valence-corrected chi connectivity index (χ0v) is 15.1. The molecule has 0 bridgehead atoms. The number of hydrogen-bond acceptors (Lipinski definition) is 2. The minimum absolute atomic E-state index is 0.0229. The van der Waals surface area contributed by atoms with Crippen LogP contribution in [-0.4, -0.2) is 11.9 Å². The van der Waals surface area contributed by atoms with Gasteiger partial charge in [0.05, 0.1) is 0 Å². The molecule has 2 unspecified atom stereocenters. The van der Waals surface area contributed by atoms with E-state index in [4.69, 9.17) is 0 Å². The summed E-state index contributed by atoms with van der Waals surface area (Å²) in [6.07, 6.45) is 2.06. The highest BCUT2D eigenvalue weighted by atomic mass is 16.2. The van der Waals surface area contributed by atoms with E-state index < -0.39 is 0 Å². The molecule has 0 aromatic heterocycles. The molecule has 1 amide bonds. The zero-order valence-electron chi connectivity index (χ0n) is 15.1. The Balaban J connectivity index is 2.03. The second-order valence-electron chi connectivity index (χ2n) is 6.30. The van der Waals surface area contributed by atoms with Crippen molar-refractivity contribution in [2.24, 2.45) is 0 Å². The van der Waals surface area contributed by atoms with E-state index in [1.807, 2.05) is 37.3 Å². The molecule has 2 N–H and O–H groups in total. The third-order valence-electron chi connectivity index (χ3n) is 4.50. The zero-order chi connectivity index (χ0) is 17.5. The van der Waals surface area contributed by atoms with E-state index in [0.717, 1.165) is 24.2 Å². The van der Waals surface area contributed by atoms with Gasteiger partial charge in [-0.25, -0.2) is 0 Å². The quantitative estimate of drug-likeness (QED) is 0.735. The van der Waals surface area contributed by atoms with Gasteiger partial charge >= 0.3 is 0 Å². The van der Waals surface area contributed by atoms with Gasteiger partial charge < -0.3 is 10.6 Å². The molecule has 24 heavy (non-hydrogen) atoms. The summed E-state index contributed by atoms with van der Waals surface area (Å²) in [5.74, 6) is 0.400. The lowest BCUT2D eigenvalue weighted by Gasteiger charge is -2.19. The van der Waals surface area contributed by atoms with E-state index in [1.54, 1.807) is 0 Å². The molecule has 0 fully saturated rings. The first-order valence-electron chi connectivity index (χ1n) is 8.80. The fourth-order valence-electron chi connectivity index (χ4n) is 2.65. The number of nitrogens with one attached hydrogen (secondary N) is 2. The SMILES string of the molecule is CCc1ccc(NC(C)C(=O)Nc2ccccc2C(C)CC)cc1. The van der Waals surface area contributed by atoms with Gasteiger partial charge in [0.1, 0.15) is 6.04 Å². The maximum Gasteiger partial charge on any atom is 0.246 e. The van der Waals surface area contributed by atoms with Crippen molar-refractivity contribution >= 4 is 17.3 Å². The lowest BCUT2D eigenvalue weighted by Crippen LogP contribution is -2.32. The summed E-state index contributed by atoms with van der Waals surface area (Å²) in [7, 11) is 0. The Morgan fingerprint density at radius 2 is 1.67 bits per heavy atom. The number of anilines is 2. The number of rotatable bonds is 7. The molecule has 3 heteroatoms. The molecular formula is C21H28N2O. The van der Waals surface area contributed by atoms with Gasteiger partial charge in [-0.3, -0.25) is 4.79 Å². The van der Waals surface area contributed by atoms with E-state index in [-0.39, 0.29) is 11.9 Å². The van der Waals surface area contributed by atoms with Crippen LogP contribution in [0.2, 0.25) is 0 Å². The summed E-state index contributed by atoms with van der Waals surface area (Å²) in [5.41, 5.74) is 4.35. The molecule has 2 rings (SSSR count). The van der Waals surface area contributed by atoms with Crippen LogP contribution in [0.25, 0.3) is 0 Å². The van der Waals surface area contributed by atoms with Gasteiger partial charge in [-0.2, -0.15) is 0 Å². The van der Waals surface area contributed by atoms with Crippen LogP contribution in [0.4, 0.5) is 11.4 Å². The smallest absolute Gasteiger partial charge is 0.246 e. The van der Waals surface area contributed by atoms with Gasteiger partial charge in [0.15, 0.2) is 0 Å². The van der Waals surface area contributed by atoms with Gasteiger partial charge in [-0.15, -0.1) is 0 Å². The fraction of sp³-hybridized carbons (Fsp3) is 0.381. The summed E-state index contributed by atoms with van der Waals surface area (Å²) in [4.78, 5) is 12.5. The van der Waals surface area contributed by atoms with Crippen molar-refractivity contribution in [1.82, 2.24) is 0 Å². The van der Waals surface area contributed by atoms with Crippen LogP contribution >= 0.6 is 0 Å². The van der Waals surface area contributed by atoms with Crippen LogP contribution in [0.15, 0.2) is 48.5 Å². The Hall–Kier alpha value is -2.29. The number of hydrogen-bond donors (Lipinski definition) is 2. The Morgan fingerprint density at radius 3 is 2.29 bits per heavy atom. The third-order valence-corrected chi connectivity index (χ3v) is 4.50. The molecule has 128 valence electrons. The average Bonchev–Trinajstić information content (AvgIpc) is 2.62. The number of para-hydroxylation sites is 1. The number of benzene rings is 2. The molecule has 0 saturated carbocycles. The lowest BCUT2D eigenvalue weighted by atomic mass is 9.97. The topological polar surface area (TPSA) is 41.1 Å². The molecule has 0 heterocycles. The Kier molecular flexibility index (Phi) is 6.42. The monoisotopic (exact) mass is 324 g/mol. The summed E-state index contributed by atoms with van der Waals surface area (Å²) in [5, 5.41) is 6.33. The third kappa shape index (κ3) is 4.60. The Labute approximate surface area is 145 Å². The second kappa shape index (κ2) is 8.53. The maximum absolute atomic E-state index is 12.5. The number of carbonyl (C=O) groups is 1. The van der Waals surface area contributed by atoms with Gasteiger partial charge in [-0.1, -0.05) is 51.1 Å². The normalized spacial score (nSPS) is 13.2. The van der Waals surface area contributed by atoms with E-state index in [1.165, 1.54) is 11.1 Å². The van der Waals surface area contributed by atoms with E-state index in [0.29, 0.717) is 5.92 Å². The highest BCUT2D eigenvalue weighted by molar-refractivity contribution is 5.96. The molecule has 0 saturated heterocycles. The number of amides is 1. The van der Waals surface area contributed by atoms with Gasteiger partial charge in [-0.05, 0) is 55.0 Å². The summed E-state index contributed by atoms with van der Waals surface area (Å²) < 4.78 is 0. The maximum atomic E-state index is 12.5. The standard InChI is InChI=1S/C21H28N2O/c1-5-15(3)19-9-7-8-10-20(19)23-21(24)16(4)22-18-13-11-17(6-2)12-14-18/h7-16,22H,5-6H2,1-4H3,(H,23,24). The largest absolute Gasteiger partial charge is 0.374 e. The minimum Gasteiger partial charge on any atom is -0.374 e. The molecule has 0 aliphatic heterocycles. The van der Waals surface area contributed by atoms with Crippen LogP contribution in [-0.2, 0) is 11.2 Å². The molecule has 0 radical (unpaired) electrons. The van der Waals surface area contributed by atoms with Crippen molar-refractivity contribution in [3.63, 3.8) is 0 Å². The van der Waals surface area contributed by atoms with Gasteiger partial charge in [0.2, 0.25) is 5.91 Å². The van der Waals surface area contributed by atoms with Crippen molar-refractivity contribution in [3.8, 4) is 0 Å². The van der Waals surface area contributed by atoms with Crippen molar-refractivity contribution in [1.29, 1.82) is 0 Å². The van der Waals surface area contributed by atoms with E-state index in [9.17, 15) is 4.79 Å². The van der Waals surface area contributed by atoms with Crippen LogP contribution in [0.1, 0.15) is 51.2 Å². The molecule has 2 atom stereocenters. The predicted octanol–water partition coefficient (Wildman–Crippen LogP) is 5.20. The summed E-state index contributed by atoms with van der Waals surface area (Å²) >= 11 is 0. The molecule has 0 spiro atoms. The molecule has 2 aromatic rings. The molecule has 0 aliphatic carbocycles. The first kappa shape index (κ1) is 18.1. The second-order valence-corrected chi connectivity index (χ2v) is 6.30. The highest BCUT2D eigenvalue weighted by Crippen LogP contribution is 2.26.